The molecule has 3 N–H and O–H groups in total. The first-order valence-corrected chi connectivity index (χ1v) is 12.5. The molecule has 1 fully saturated rings. The fraction of sp³-hybridized carbons (Fsp3) is 0.464. The molecule has 2 aliphatic rings. The summed E-state index contributed by atoms with van der Waals surface area (Å²) in [5.74, 6) is -0.686. The van der Waals surface area contributed by atoms with Gasteiger partial charge in [-0.05, 0) is 53.4 Å². The number of ether oxygens (including phenoxy) is 1. The molecule has 3 atom stereocenters. The normalized spacial score (nSPS) is 19.5. The summed E-state index contributed by atoms with van der Waals surface area (Å²) in [6.07, 6.45) is 3.22. The lowest BCUT2D eigenvalue weighted by Crippen LogP contribution is -2.40. The van der Waals surface area contributed by atoms with E-state index < -0.39 is 12.1 Å². The summed E-state index contributed by atoms with van der Waals surface area (Å²) >= 11 is 0. The van der Waals surface area contributed by atoms with Crippen molar-refractivity contribution in [2.24, 2.45) is 11.8 Å². The molecule has 1 unspecified atom stereocenters. The van der Waals surface area contributed by atoms with Crippen molar-refractivity contribution < 1.29 is 24.2 Å². The van der Waals surface area contributed by atoms with Gasteiger partial charge in [0.25, 0.3) is 0 Å². The van der Waals surface area contributed by atoms with Crippen LogP contribution in [-0.2, 0) is 14.3 Å². The average Bonchev–Trinajstić information content (AvgIpc) is 3.41. The maximum Gasteiger partial charge on any atom is 0.407 e. The third-order valence-electron chi connectivity index (χ3n) is 7.25. The topological polar surface area (TPSA) is 105 Å². The Labute approximate surface area is 206 Å². The zero-order chi connectivity index (χ0) is 24.8. The maximum absolute atomic E-state index is 12.7. The van der Waals surface area contributed by atoms with Crippen LogP contribution in [0.25, 0.3) is 11.1 Å². The van der Waals surface area contributed by atoms with E-state index in [-0.39, 0.29) is 42.7 Å². The van der Waals surface area contributed by atoms with Crippen LogP contribution in [0.4, 0.5) is 4.79 Å². The number of carbonyl (C=O) groups is 3. The molecule has 0 heterocycles. The predicted molar refractivity (Wildman–Crippen MR) is 133 cm³/mol. The van der Waals surface area contributed by atoms with Crippen LogP contribution < -0.4 is 10.6 Å². The number of rotatable bonds is 10. The molecule has 0 spiro atoms. The van der Waals surface area contributed by atoms with Crippen molar-refractivity contribution in [2.45, 2.75) is 57.4 Å². The number of fused-ring (bicyclic) bond motifs is 3. The highest BCUT2D eigenvalue weighted by Gasteiger charge is 2.32. The smallest absolute Gasteiger partial charge is 0.407 e. The summed E-state index contributed by atoms with van der Waals surface area (Å²) in [6.45, 7) is 2.66. The van der Waals surface area contributed by atoms with Crippen molar-refractivity contribution in [3.8, 4) is 11.1 Å². The first-order chi connectivity index (χ1) is 16.9. The zero-order valence-corrected chi connectivity index (χ0v) is 20.2. The Balaban J connectivity index is 1.25. The van der Waals surface area contributed by atoms with Gasteiger partial charge in [0, 0.05) is 31.3 Å². The van der Waals surface area contributed by atoms with Gasteiger partial charge in [-0.15, -0.1) is 0 Å². The SMILES string of the molecule is CC(CCC(=O)O)CNC(=O)C[C@@H]1CCC[C@H]1NC(=O)OCC1c2ccccc2-c2ccccc21. The fourth-order valence-corrected chi connectivity index (χ4v) is 5.33. The second-order valence-corrected chi connectivity index (χ2v) is 9.81. The number of amides is 2. The lowest BCUT2D eigenvalue weighted by Gasteiger charge is -2.22. The van der Waals surface area contributed by atoms with Gasteiger partial charge in [0.05, 0.1) is 0 Å². The number of benzene rings is 2. The van der Waals surface area contributed by atoms with E-state index in [4.69, 9.17) is 9.84 Å². The van der Waals surface area contributed by atoms with Crippen LogP contribution >= 0.6 is 0 Å². The Hall–Kier alpha value is -3.35. The molecule has 2 aliphatic carbocycles. The fourth-order valence-electron chi connectivity index (χ4n) is 5.33. The Morgan fingerprint density at radius 1 is 1.03 bits per heavy atom. The van der Waals surface area contributed by atoms with Gasteiger partial charge in [-0.3, -0.25) is 9.59 Å². The molecule has 4 rings (SSSR count). The minimum absolute atomic E-state index is 0.0152. The number of carbonyl (C=O) groups excluding carboxylic acids is 2. The van der Waals surface area contributed by atoms with E-state index in [1.807, 2.05) is 31.2 Å². The van der Waals surface area contributed by atoms with Crippen LogP contribution in [-0.4, -0.2) is 42.3 Å². The molecule has 2 aromatic carbocycles. The molecule has 0 aliphatic heterocycles. The predicted octanol–water partition coefficient (Wildman–Crippen LogP) is 4.70. The monoisotopic (exact) mass is 478 g/mol. The average molecular weight is 479 g/mol. The molecular weight excluding hydrogens is 444 g/mol. The van der Waals surface area contributed by atoms with Gasteiger partial charge in [0.2, 0.25) is 5.91 Å². The summed E-state index contributed by atoms with van der Waals surface area (Å²) in [5.41, 5.74) is 4.73. The molecule has 35 heavy (non-hydrogen) atoms. The van der Waals surface area contributed by atoms with E-state index in [9.17, 15) is 14.4 Å². The van der Waals surface area contributed by atoms with E-state index in [1.165, 1.54) is 22.3 Å². The molecule has 2 aromatic rings. The van der Waals surface area contributed by atoms with E-state index in [1.54, 1.807) is 0 Å². The molecule has 1 saturated carbocycles. The maximum atomic E-state index is 12.7. The van der Waals surface area contributed by atoms with Crippen molar-refractivity contribution in [2.75, 3.05) is 13.2 Å². The minimum atomic E-state index is -0.823. The van der Waals surface area contributed by atoms with E-state index in [0.29, 0.717) is 19.4 Å². The number of hydrogen-bond donors (Lipinski definition) is 3. The molecule has 2 amide bonds. The number of aliphatic carboxylic acids is 1. The summed E-state index contributed by atoms with van der Waals surface area (Å²) in [6, 6.07) is 16.4. The highest BCUT2D eigenvalue weighted by molar-refractivity contribution is 5.79. The molecule has 0 aromatic heterocycles. The highest BCUT2D eigenvalue weighted by Crippen LogP contribution is 2.44. The standard InChI is InChI=1S/C28H34N2O5/c1-18(13-14-27(32)33)16-29-26(31)15-19-7-6-12-25(19)30-28(34)35-17-24-22-10-4-2-8-20(22)21-9-3-5-11-23(21)24/h2-5,8-11,18-19,24-25H,6-7,12-17H2,1H3,(H,29,31)(H,30,34)(H,32,33)/t18?,19-,25+/m0/s1. The van der Waals surface area contributed by atoms with Crippen molar-refractivity contribution in [3.05, 3.63) is 59.7 Å². The third kappa shape index (κ3) is 6.21. The minimum Gasteiger partial charge on any atom is -0.481 e. The molecule has 0 radical (unpaired) electrons. The Bertz CT molecular complexity index is 1020. The van der Waals surface area contributed by atoms with Gasteiger partial charge in [0.15, 0.2) is 0 Å². The van der Waals surface area contributed by atoms with Crippen LogP contribution in [0.2, 0.25) is 0 Å². The van der Waals surface area contributed by atoms with Crippen molar-refractivity contribution in [1.82, 2.24) is 10.6 Å². The van der Waals surface area contributed by atoms with Crippen LogP contribution in [0.15, 0.2) is 48.5 Å². The zero-order valence-electron chi connectivity index (χ0n) is 20.2. The largest absolute Gasteiger partial charge is 0.481 e. The Kier molecular flexibility index (Phi) is 8.06. The van der Waals surface area contributed by atoms with Gasteiger partial charge >= 0.3 is 12.1 Å². The van der Waals surface area contributed by atoms with Crippen molar-refractivity contribution >= 4 is 18.0 Å². The summed E-state index contributed by atoms with van der Waals surface area (Å²) < 4.78 is 5.68. The Morgan fingerprint density at radius 3 is 2.34 bits per heavy atom. The van der Waals surface area contributed by atoms with Gasteiger partial charge in [-0.2, -0.15) is 0 Å². The number of alkyl carbamates (subject to hydrolysis) is 1. The Morgan fingerprint density at radius 2 is 1.69 bits per heavy atom. The number of nitrogens with one attached hydrogen (secondary N) is 2. The lowest BCUT2D eigenvalue weighted by atomic mass is 9.98. The van der Waals surface area contributed by atoms with Crippen molar-refractivity contribution in [3.63, 3.8) is 0 Å². The van der Waals surface area contributed by atoms with E-state index in [2.05, 4.69) is 34.9 Å². The van der Waals surface area contributed by atoms with Gasteiger partial charge in [-0.1, -0.05) is 61.9 Å². The highest BCUT2D eigenvalue weighted by atomic mass is 16.5. The lowest BCUT2D eigenvalue weighted by molar-refractivity contribution is -0.137. The summed E-state index contributed by atoms with van der Waals surface area (Å²) in [5, 5.41) is 14.7. The number of carboxylic acids is 1. The first-order valence-electron chi connectivity index (χ1n) is 12.5. The van der Waals surface area contributed by atoms with Crippen LogP contribution in [0, 0.1) is 11.8 Å². The number of carboxylic acid groups (broad SMARTS) is 1. The quantitative estimate of drug-likeness (QED) is 0.459. The first kappa shape index (κ1) is 24.8. The molecule has 0 bridgehead atoms. The summed E-state index contributed by atoms with van der Waals surface area (Å²) in [4.78, 5) is 35.8. The molecule has 0 saturated heterocycles. The third-order valence-corrected chi connectivity index (χ3v) is 7.25. The summed E-state index contributed by atoms with van der Waals surface area (Å²) in [7, 11) is 0. The molecule has 7 nitrogen and oxygen atoms in total. The van der Waals surface area contributed by atoms with Crippen LogP contribution in [0.5, 0.6) is 0 Å². The van der Waals surface area contributed by atoms with E-state index >= 15 is 0 Å². The van der Waals surface area contributed by atoms with Crippen LogP contribution in [0.1, 0.15) is 62.5 Å². The second-order valence-electron chi connectivity index (χ2n) is 9.81. The molecular formula is C28H34N2O5. The van der Waals surface area contributed by atoms with Crippen molar-refractivity contribution in [1.29, 1.82) is 0 Å². The van der Waals surface area contributed by atoms with Gasteiger partial charge < -0.3 is 20.5 Å². The second kappa shape index (κ2) is 11.4. The molecule has 186 valence electrons. The van der Waals surface area contributed by atoms with Crippen LogP contribution in [0.3, 0.4) is 0 Å². The number of hydrogen-bond acceptors (Lipinski definition) is 4. The van der Waals surface area contributed by atoms with Gasteiger partial charge in [0.1, 0.15) is 6.61 Å². The molecule has 7 heteroatoms. The van der Waals surface area contributed by atoms with Gasteiger partial charge in [-0.25, -0.2) is 4.79 Å². The van der Waals surface area contributed by atoms with E-state index in [0.717, 1.165) is 19.3 Å².